The van der Waals surface area contributed by atoms with E-state index in [4.69, 9.17) is 4.42 Å². The average Bonchev–Trinajstić information content (AvgIpc) is 3.50. The van der Waals surface area contributed by atoms with E-state index in [-0.39, 0.29) is 18.2 Å². The summed E-state index contributed by atoms with van der Waals surface area (Å²) in [5, 5.41) is 2.46. The highest BCUT2D eigenvalue weighted by Gasteiger charge is 2.40. The number of hydrogen-bond donors (Lipinski definition) is 1. The van der Waals surface area contributed by atoms with Crippen LogP contribution in [0, 0.1) is 0 Å². The third-order valence-electron chi connectivity index (χ3n) is 5.24. The van der Waals surface area contributed by atoms with Crippen LogP contribution in [0.4, 0.5) is 13.2 Å². The molecule has 1 aliphatic rings. The Balaban J connectivity index is 1.44. The van der Waals surface area contributed by atoms with Gasteiger partial charge in [0.15, 0.2) is 0 Å². The van der Waals surface area contributed by atoms with Crippen molar-refractivity contribution in [3.8, 4) is 11.3 Å². The van der Waals surface area contributed by atoms with E-state index in [0.717, 1.165) is 16.4 Å². The molecule has 1 aromatic carbocycles. The van der Waals surface area contributed by atoms with E-state index < -0.39 is 33.7 Å². The first-order valence-corrected chi connectivity index (χ1v) is 11.4. The molecule has 0 bridgehead atoms. The molecule has 2 aromatic heterocycles. The number of hydrogen-bond acceptors (Lipinski definition) is 6. The number of sulfonamides is 1. The molecule has 1 saturated heterocycles. The molecule has 1 fully saturated rings. The summed E-state index contributed by atoms with van der Waals surface area (Å²) in [5.74, 6) is -0.475. The molecule has 3 heterocycles. The van der Waals surface area contributed by atoms with E-state index in [9.17, 15) is 26.4 Å². The summed E-state index contributed by atoms with van der Waals surface area (Å²) in [6.45, 7) is 0.201. The van der Waals surface area contributed by atoms with Crippen LogP contribution in [-0.4, -0.2) is 41.2 Å². The first-order valence-electron chi connectivity index (χ1n) is 9.98. The number of furan rings is 1. The standard InChI is InChI=1S/C21H19F3N4O4S/c22-21(23,24)15-7-5-14(6-8-15)17-11-16(26-13-27-17)12-25-20(29)18-3-1-9-28(18)33(30,31)19-4-2-10-32-19/h2,4-8,10-11,13,18H,1,3,9,12H2,(H,25,29). The molecule has 4 rings (SSSR count). The van der Waals surface area contributed by atoms with Crippen molar-refractivity contribution in [3.63, 3.8) is 0 Å². The van der Waals surface area contributed by atoms with Gasteiger partial charge in [0.1, 0.15) is 12.4 Å². The molecule has 8 nitrogen and oxygen atoms in total. The number of halogens is 3. The number of benzene rings is 1. The van der Waals surface area contributed by atoms with Crippen molar-refractivity contribution in [2.24, 2.45) is 0 Å². The Hall–Kier alpha value is -3.25. The molecule has 0 spiro atoms. The summed E-state index contributed by atoms with van der Waals surface area (Å²) >= 11 is 0. The highest BCUT2D eigenvalue weighted by molar-refractivity contribution is 7.89. The fourth-order valence-electron chi connectivity index (χ4n) is 3.59. The van der Waals surface area contributed by atoms with Gasteiger partial charge in [-0.05, 0) is 43.2 Å². The minimum atomic E-state index is -4.43. The number of amides is 1. The molecule has 0 radical (unpaired) electrons. The van der Waals surface area contributed by atoms with Gasteiger partial charge >= 0.3 is 6.18 Å². The van der Waals surface area contributed by atoms with Gasteiger partial charge in [-0.15, -0.1) is 0 Å². The van der Waals surface area contributed by atoms with Crippen molar-refractivity contribution in [1.29, 1.82) is 0 Å². The molecule has 1 unspecified atom stereocenters. The Bertz CT molecular complexity index is 1230. The molecular formula is C21H19F3N4O4S. The van der Waals surface area contributed by atoms with Crippen LogP contribution in [0.15, 0.2) is 64.6 Å². The molecule has 3 aromatic rings. The fourth-order valence-corrected chi connectivity index (χ4v) is 5.16. The molecule has 1 atom stereocenters. The molecule has 1 aliphatic heterocycles. The largest absolute Gasteiger partial charge is 0.452 e. The molecule has 12 heteroatoms. The summed E-state index contributed by atoms with van der Waals surface area (Å²) < 4.78 is 69.9. The number of carbonyl (C=O) groups is 1. The second kappa shape index (κ2) is 8.94. The zero-order chi connectivity index (χ0) is 23.6. The van der Waals surface area contributed by atoms with Gasteiger partial charge in [0, 0.05) is 12.1 Å². The lowest BCUT2D eigenvalue weighted by molar-refractivity contribution is -0.137. The lowest BCUT2D eigenvalue weighted by atomic mass is 10.1. The summed E-state index contributed by atoms with van der Waals surface area (Å²) in [5.41, 5.74) is 0.514. The maximum atomic E-state index is 12.8. The minimum Gasteiger partial charge on any atom is -0.452 e. The van der Waals surface area contributed by atoms with Crippen LogP contribution in [0.1, 0.15) is 24.1 Å². The van der Waals surface area contributed by atoms with Crippen LogP contribution in [-0.2, 0) is 27.5 Å². The summed E-state index contributed by atoms with van der Waals surface area (Å²) in [4.78, 5) is 20.9. The predicted molar refractivity (Wildman–Crippen MR) is 110 cm³/mol. The number of rotatable bonds is 6. The highest BCUT2D eigenvalue weighted by Crippen LogP contribution is 2.31. The number of aromatic nitrogens is 2. The second-order valence-electron chi connectivity index (χ2n) is 7.39. The van der Waals surface area contributed by atoms with Crippen molar-refractivity contribution in [2.75, 3.05) is 6.54 Å². The Labute approximate surface area is 187 Å². The van der Waals surface area contributed by atoms with Crippen molar-refractivity contribution >= 4 is 15.9 Å². The quantitative estimate of drug-likeness (QED) is 0.581. The van der Waals surface area contributed by atoms with Crippen molar-refractivity contribution < 1.29 is 30.8 Å². The van der Waals surface area contributed by atoms with Gasteiger partial charge in [-0.25, -0.2) is 18.4 Å². The maximum Gasteiger partial charge on any atom is 0.416 e. The highest BCUT2D eigenvalue weighted by atomic mass is 32.2. The lowest BCUT2D eigenvalue weighted by Gasteiger charge is -2.22. The Morgan fingerprint density at radius 3 is 2.61 bits per heavy atom. The topological polar surface area (TPSA) is 105 Å². The monoisotopic (exact) mass is 480 g/mol. The smallest absolute Gasteiger partial charge is 0.416 e. The van der Waals surface area contributed by atoms with Crippen molar-refractivity contribution in [2.45, 2.75) is 36.7 Å². The zero-order valence-corrected chi connectivity index (χ0v) is 17.9. The van der Waals surface area contributed by atoms with Crippen LogP contribution < -0.4 is 5.32 Å². The average molecular weight is 480 g/mol. The van der Waals surface area contributed by atoms with Gasteiger partial charge in [-0.1, -0.05) is 12.1 Å². The predicted octanol–water partition coefficient (Wildman–Crippen LogP) is 3.22. The third-order valence-corrected chi connectivity index (χ3v) is 7.04. The van der Waals surface area contributed by atoms with Crippen LogP contribution in [0.5, 0.6) is 0 Å². The molecule has 1 N–H and O–H groups in total. The van der Waals surface area contributed by atoms with Crippen LogP contribution in [0.3, 0.4) is 0 Å². The van der Waals surface area contributed by atoms with E-state index in [1.807, 2.05) is 0 Å². The molecule has 33 heavy (non-hydrogen) atoms. The van der Waals surface area contributed by atoms with Crippen molar-refractivity contribution in [1.82, 2.24) is 19.6 Å². The van der Waals surface area contributed by atoms with Gasteiger partial charge in [0.2, 0.25) is 11.0 Å². The zero-order valence-electron chi connectivity index (χ0n) is 17.1. The molecule has 174 valence electrons. The first-order chi connectivity index (χ1) is 15.7. The molecule has 0 aliphatic carbocycles. The van der Waals surface area contributed by atoms with E-state index >= 15 is 0 Å². The summed E-state index contributed by atoms with van der Waals surface area (Å²) in [6.07, 6.45) is -1.03. The van der Waals surface area contributed by atoms with Crippen LogP contribution in [0.25, 0.3) is 11.3 Å². The van der Waals surface area contributed by atoms with Gasteiger partial charge < -0.3 is 9.73 Å². The number of nitrogens with one attached hydrogen (secondary N) is 1. The number of alkyl halides is 3. The maximum absolute atomic E-state index is 12.8. The lowest BCUT2D eigenvalue weighted by Crippen LogP contribution is -2.45. The Morgan fingerprint density at radius 2 is 1.94 bits per heavy atom. The van der Waals surface area contributed by atoms with Gasteiger partial charge in [0.25, 0.3) is 10.0 Å². The van der Waals surface area contributed by atoms with Crippen molar-refractivity contribution in [3.05, 3.63) is 66.3 Å². The third kappa shape index (κ3) is 4.91. The summed E-state index contributed by atoms with van der Waals surface area (Å²) in [7, 11) is -3.93. The van der Waals surface area contributed by atoms with E-state index in [1.165, 1.54) is 36.9 Å². The Kier molecular flexibility index (Phi) is 6.21. The van der Waals surface area contributed by atoms with Crippen LogP contribution in [0.2, 0.25) is 0 Å². The van der Waals surface area contributed by atoms with E-state index in [1.54, 1.807) is 6.07 Å². The SMILES string of the molecule is O=C(NCc1cc(-c2ccc(C(F)(F)F)cc2)ncn1)C1CCCN1S(=O)(=O)c1ccco1. The molecule has 1 amide bonds. The summed E-state index contributed by atoms with van der Waals surface area (Å²) in [6, 6.07) is 8.01. The van der Waals surface area contributed by atoms with E-state index in [0.29, 0.717) is 29.8 Å². The first kappa shape index (κ1) is 22.9. The minimum absolute atomic E-state index is 0.000127. The van der Waals surface area contributed by atoms with Crippen LogP contribution >= 0.6 is 0 Å². The fraction of sp³-hybridized carbons (Fsp3) is 0.286. The normalized spacial score (nSPS) is 17.2. The number of carbonyl (C=O) groups excluding carboxylic acids is 1. The van der Waals surface area contributed by atoms with Gasteiger partial charge in [-0.2, -0.15) is 17.5 Å². The van der Waals surface area contributed by atoms with Gasteiger partial charge in [-0.3, -0.25) is 4.79 Å². The Morgan fingerprint density at radius 1 is 1.18 bits per heavy atom. The van der Waals surface area contributed by atoms with Gasteiger partial charge in [0.05, 0.1) is 29.8 Å². The number of nitrogens with zero attached hydrogens (tertiary/aromatic N) is 3. The van der Waals surface area contributed by atoms with E-state index in [2.05, 4.69) is 15.3 Å². The molecule has 0 saturated carbocycles. The second-order valence-corrected chi connectivity index (χ2v) is 9.21. The molecular weight excluding hydrogens is 461 g/mol.